The van der Waals surface area contributed by atoms with Gasteiger partial charge in [0, 0.05) is 0 Å². The van der Waals surface area contributed by atoms with Gasteiger partial charge in [0.05, 0.1) is 0 Å². The molecule has 0 aromatic rings. The minimum atomic E-state index is -4.51. The van der Waals surface area contributed by atoms with Gasteiger partial charge in [-0.15, -0.1) is 0 Å². The van der Waals surface area contributed by atoms with Gasteiger partial charge in [-0.2, -0.15) is 8.42 Å². The number of rotatable bonds is 2. The molecule has 0 saturated carbocycles. The summed E-state index contributed by atoms with van der Waals surface area (Å²) in [6.07, 6.45) is 1.12. The average molecular weight is 231 g/mol. The molecule has 0 aromatic carbocycles. The first kappa shape index (κ1) is 16.5. The summed E-state index contributed by atoms with van der Waals surface area (Å²) in [6.45, 7) is 5.04. The van der Waals surface area contributed by atoms with Gasteiger partial charge in [-0.05, 0) is 5.41 Å². The van der Waals surface area contributed by atoms with Crippen LogP contribution in [0, 0.1) is 5.41 Å². The number of allylic oxidation sites excluding steroid dienone is 1. The van der Waals surface area contributed by atoms with E-state index in [0.717, 1.165) is 6.08 Å². The topological polar surface area (TPSA) is 97.5 Å². The van der Waals surface area contributed by atoms with Gasteiger partial charge in [0.2, 0.25) is 0 Å². The van der Waals surface area contributed by atoms with Crippen LogP contribution < -0.4 is 35.3 Å². The Hall–Kier alpha value is 0.120. The zero-order valence-corrected chi connectivity index (χ0v) is 11.6. The van der Waals surface area contributed by atoms with E-state index in [2.05, 4.69) is 0 Å². The van der Waals surface area contributed by atoms with Crippen LogP contribution in [-0.2, 0) is 14.9 Å². The van der Waals surface area contributed by atoms with Gasteiger partial charge in [-0.1, -0.05) is 26.8 Å². The van der Waals surface area contributed by atoms with E-state index < -0.39 is 26.3 Å². The van der Waals surface area contributed by atoms with E-state index in [1.54, 1.807) is 20.8 Å². The smallest absolute Gasteiger partial charge is 1.00 e. The molecule has 0 spiro atoms. The van der Waals surface area contributed by atoms with Gasteiger partial charge in [-0.25, -0.2) is 0 Å². The van der Waals surface area contributed by atoms with E-state index >= 15 is 0 Å². The second kappa shape index (κ2) is 5.27. The van der Waals surface area contributed by atoms with E-state index in [1.807, 2.05) is 0 Å². The summed E-state index contributed by atoms with van der Waals surface area (Å²) < 4.78 is 29.9. The Kier molecular flexibility index (Phi) is 6.23. The molecule has 0 aliphatic heterocycles. The number of hydrogen-bond acceptors (Lipinski definition) is 3. The van der Waals surface area contributed by atoms with E-state index in [0.29, 0.717) is 0 Å². The molecule has 0 atom stereocenters. The third-order valence-corrected chi connectivity index (χ3v) is 1.96. The van der Waals surface area contributed by atoms with Gasteiger partial charge in [0.15, 0.2) is 4.91 Å². The van der Waals surface area contributed by atoms with Crippen molar-refractivity contribution in [3.8, 4) is 0 Å². The predicted octanol–water partition coefficient (Wildman–Crippen LogP) is -2.59. The molecule has 0 aromatic heterocycles. The molecule has 1 amide bonds. The van der Waals surface area contributed by atoms with Gasteiger partial charge in [-0.3, -0.25) is 9.35 Å². The average Bonchev–Trinajstić information content (AvgIpc) is 1.77. The second-order valence-corrected chi connectivity index (χ2v) is 5.10. The Labute approximate surface area is 107 Å². The van der Waals surface area contributed by atoms with Crippen molar-refractivity contribution >= 4 is 16.0 Å². The van der Waals surface area contributed by atoms with E-state index in [4.69, 9.17) is 10.3 Å². The normalized spacial score (nSPS) is 13.3. The Balaban J connectivity index is -0.000000720. The predicted molar refractivity (Wildman–Crippen MR) is 49.4 cm³/mol. The minimum Gasteiger partial charge on any atom is -1.00 e. The third-order valence-electron chi connectivity index (χ3n) is 1.08. The zero-order chi connectivity index (χ0) is 10.9. The third kappa shape index (κ3) is 6.56. The Bertz CT molecular complexity index is 344. The van der Waals surface area contributed by atoms with Crippen LogP contribution in [0.5, 0.6) is 0 Å². The SMILES string of the molecule is CC(C)(C)/C=C(\C(N)=O)S(=O)(=O)O.[H-].[Na+]. The number of carbonyl (C=O) groups is 1. The van der Waals surface area contributed by atoms with Crippen molar-refractivity contribution in [3.63, 3.8) is 0 Å². The molecular weight excluding hydrogens is 217 g/mol. The zero-order valence-electron chi connectivity index (χ0n) is 9.73. The van der Waals surface area contributed by atoms with Gasteiger partial charge >= 0.3 is 29.6 Å². The molecule has 7 heteroatoms. The summed E-state index contributed by atoms with van der Waals surface area (Å²) in [4.78, 5) is 9.87. The molecule has 5 nitrogen and oxygen atoms in total. The number of nitrogens with two attached hydrogens (primary N) is 1. The van der Waals surface area contributed by atoms with Crippen molar-refractivity contribution in [2.45, 2.75) is 20.8 Å². The monoisotopic (exact) mass is 231 g/mol. The molecule has 14 heavy (non-hydrogen) atoms. The Morgan fingerprint density at radius 2 is 1.79 bits per heavy atom. The van der Waals surface area contributed by atoms with Crippen LogP contribution in [0.1, 0.15) is 22.2 Å². The second-order valence-electron chi connectivity index (χ2n) is 3.71. The van der Waals surface area contributed by atoms with Gasteiger partial charge < -0.3 is 7.16 Å². The molecule has 0 aliphatic rings. The number of primary amides is 1. The molecule has 0 aliphatic carbocycles. The summed E-state index contributed by atoms with van der Waals surface area (Å²) in [5.74, 6) is -1.16. The molecule has 0 fully saturated rings. The molecule has 0 radical (unpaired) electrons. The molecule has 0 rings (SSSR count). The van der Waals surface area contributed by atoms with Crippen molar-refractivity contribution in [3.05, 3.63) is 11.0 Å². The van der Waals surface area contributed by atoms with Crippen LogP contribution in [0.2, 0.25) is 0 Å². The van der Waals surface area contributed by atoms with E-state index in [9.17, 15) is 13.2 Å². The molecule has 0 bridgehead atoms. The maximum atomic E-state index is 10.6. The van der Waals surface area contributed by atoms with Crippen molar-refractivity contribution in [2.24, 2.45) is 11.1 Å². The molecule has 0 saturated heterocycles. The molecule has 0 heterocycles. The summed E-state index contributed by atoms with van der Waals surface area (Å²) in [5, 5.41) is 0. The van der Waals surface area contributed by atoms with E-state index in [-0.39, 0.29) is 31.0 Å². The number of carbonyl (C=O) groups excluding carboxylic acids is 1. The molecular formula is C7H14NNaO4S. The summed E-state index contributed by atoms with van der Waals surface area (Å²) in [5.41, 5.74) is 4.24. The molecule has 78 valence electrons. The maximum Gasteiger partial charge on any atom is 1.00 e. The maximum absolute atomic E-state index is 10.6. The van der Waals surface area contributed by atoms with Crippen LogP contribution >= 0.6 is 0 Å². The van der Waals surface area contributed by atoms with Crippen LogP contribution in [0.3, 0.4) is 0 Å². The summed E-state index contributed by atoms with van der Waals surface area (Å²) in [7, 11) is -4.51. The van der Waals surface area contributed by atoms with E-state index in [1.165, 1.54) is 0 Å². The van der Waals surface area contributed by atoms with Crippen molar-refractivity contribution in [1.29, 1.82) is 0 Å². The van der Waals surface area contributed by atoms with Crippen LogP contribution in [0.25, 0.3) is 0 Å². The summed E-state index contributed by atoms with van der Waals surface area (Å²) >= 11 is 0. The fourth-order valence-electron chi connectivity index (χ4n) is 0.666. The molecule has 0 unspecified atom stereocenters. The van der Waals surface area contributed by atoms with Gasteiger partial charge in [0.25, 0.3) is 16.0 Å². The first-order chi connectivity index (χ1) is 5.54. The quantitative estimate of drug-likeness (QED) is 0.309. The van der Waals surface area contributed by atoms with Crippen molar-refractivity contribution < 1.29 is 48.7 Å². The van der Waals surface area contributed by atoms with Crippen molar-refractivity contribution in [2.75, 3.05) is 0 Å². The van der Waals surface area contributed by atoms with Crippen LogP contribution in [0.4, 0.5) is 0 Å². The Morgan fingerprint density at radius 1 is 1.43 bits per heavy atom. The van der Waals surface area contributed by atoms with Crippen LogP contribution in [-0.4, -0.2) is 18.9 Å². The standard InChI is InChI=1S/C7H13NO4S.Na.H/c1-7(2,3)4-5(6(8)9)13(10,11)12;;/h4H,1-3H3,(H2,8,9)(H,10,11,12);;/q;+1;-1/b5-4+;;. The van der Waals surface area contributed by atoms with Gasteiger partial charge in [0.1, 0.15) is 0 Å². The summed E-state index contributed by atoms with van der Waals surface area (Å²) in [6, 6.07) is 0. The largest absolute Gasteiger partial charge is 1.00 e. The minimum absolute atomic E-state index is 0. The van der Waals surface area contributed by atoms with Crippen LogP contribution in [0.15, 0.2) is 11.0 Å². The fraction of sp³-hybridized carbons (Fsp3) is 0.571. The molecule has 3 N–H and O–H groups in total. The number of hydrogen-bond donors (Lipinski definition) is 2. The number of amides is 1. The Morgan fingerprint density at radius 3 is 1.86 bits per heavy atom. The first-order valence-electron chi connectivity index (χ1n) is 3.54. The first-order valence-corrected chi connectivity index (χ1v) is 4.98. The fourth-order valence-corrected chi connectivity index (χ4v) is 1.42. The van der Waals surface area contributed by atoms with Crippen molar-refractivity contribution in [1.82, 2.24) is 0 Å².